The first kappa shape index (κ1) is 9.84. The van der Waals surface area contributed by atoms with Crippen molar-refractivity contribution in [2.75, 3.05) is 5.32 Å². The van der Waals surface area contributed by atoms with E-state index in [4.69, 9.17) is 4.52 Å². The van der Waals surface area contributed by atoms with Crippen molar-refractivity contribution in [1.82, 2.24) is 10.1 Å². The van der Waals surface area contributed by atoms with Gasteiger partial charge < -0.3 is 9.84 Å². The van der Waals surface area contributed by atoms with Crippen LogP contribution in [-0.4, -0.2) is 10.1 Å². The fourth-order valence-electron chi connectivity index (χ4n) is 2.01. The van der Waals surface area contributed by atoms with Gasteiger partial charge in [-0.05, 0) is 37.8 Å². The Morgan fingerprint density at radius 2 is 2.44 bits per heavy atom. The molecule has 0 aliphatic heterocycles. The number of nitrogens with one attached hydrogen (secondary N) is 1. The van der Waals surface area contributed by atoms with Crippen molar-refractivity contribution in [3.63, 3.8) is 0 Å². The molecule has 3 rings (SSSR count). The molecule has 0 aromatic carbocycles. The molecule has 0 saturated carbocycles. The minimum absolute atomic E-state index is 0.506. The summed E-state index contributed by atoms with van der Waals surface area (Å²) in [4.78, 5) is 7.01. The molecule has 0 radical (unpaired) electrons. The van der Waals surface area contributed by atoms with Gasteiger partial charge in [-0.3, -0.25) is 0 Å². The van der Waals surface area contributed by atoms with Gasteiger partial charge in [0.15, 0.2) is 5.82 Å². The molecule has 2 aromatic rings. The van der Waals surface area contributed by atoms with Gasteiger partial charge in [0.05, 0.1) is 6.54 Å². The zero-order valence-electron chi connectivity index (χ0n) is 9.12. The first-order chi connectivity index (χ1) is 7.81. The molecule has 1 aliphatic rings. The molecule has 0 atom stereocenters. The molecular formula is C11H13N3OS. The Balaban J connectivity index is 1.66. The zero-order chi connectivity index (χ0) is 11.0. The second-order valence-corrected chi connectivity index (χ2v) is 5.24. The van der Waals surface area contributed by atoms with Gasteiger partial charge >= 0.3 is 6.01 Å². The lowest BCUT2D eigenvalue weighted by Gasteiger charge is -1.97. The predicted molar refractivity (Wildman–Crippen MR) is 62.7 cm³/mol. The summed E-state index contributed by atoms with van der Waals surface area (Å²) in [6, 6.07) is 2.80. The third-order valence-electron chi connectivity index (χ3n) is 2.74. The van der Waals surface area contributed by atoms with E-state index in [1.54, 1.807) is 4.88 Å². The average molecular weight is 235 g/mol. The second-order valence-electron chi connectivity index (χ2n) is 4.01. The van der Waals surface area contributed by atoms with E-state index in [1.807, 2.05) is 18.3 Å². The molecule has 0 saturated heterocycles. The predicted octanol–water partition coefficient (Wildman–Crippen LogP) is 2.54. The van der Waals surface area contributed by atoms with Crippen LogP contribution in [-0.2, 0) is 19.4 Å². The number of hydrogen-bond donors (Lipinski definition) is 1. The molecule has 1 aliphatic carbocycles. The van der Waals surface area contributed by atoms with E-state index in [2.05, 4.69) is 21.5 Å². The summed E-state index contributed by atoms with van der Waals surface area (Å²) in [5.74, 6) is 0.663. The van der Waals surface area contributed by atoms with Crippen LogP contribution in [0.15, 0.2) is 10.6 Å². The van der Waals surface area contributed by atoms with Crippen LogP contribution in [0.5, 0.6) is 0 Å². The number of anilines is 1. The van der Waals surface area contributed by atoms with Gasteiger partial charge in [-0.1, -0.05) is 5.16 Å². The van der Waals surface area contributed by atoms with Gasteiger partial charge in [-0.25, -0.2) is 0 Å². The van der Waals surface area contributed by atoms with Crippen LogP contribution in [0.3, 0.4) is 0 Å². The van der Waals surface area contributed by atoms with E-state index in [0.717, 1.165) is 6.54 Å². The summed E-state index contributed by atoms with van der Waals surface area (Å²) in [6.07, 6.45) is 3.81. The minimum Gasteiger partial charge on any atom is -0.333 e. The maximum atomic E-state index is 5.00. The van der Waals surface area contributed by atoms with Crippen molar-refractivity contribution in [3.8, 4) is 0 Å². The number of rotatable bonds is 3. The maximum absolute atomic E-state index is 5.00. The van der Waals surface area contributed by atoms with Crippen molar-refractivity contribution in [2.45, 2.75) is 32.7 Å². The molecule has 2 aromatic heterocycles. The summed E-state index contributed by atoms with van der Waals surface area (Å²) < 4.78 is 5.00. The monoisotopic (exact) mass is 235 g/mol. The molecule has 2 heterocycles. The van der Waals surface area contributed by atoms with E-state index in [0.29, 0.717) is 11.8 Å². The van der Waals surface area contributed by atoms with E-state index in [-0.39, 0.29) is 0 Å². The highest BCUT2D eigenvalue weighted by atomic mass is 32.1. The molecular weight excluding hydrogens is 222 g/mol. The standard InChI is InChI=1S/C11H13N3OS/c1-7-13-11(15-14-7)12-6-9-5-8-3-2-4-10(8)16-9/h5H,2-4,6H2,1H3,(H,12,13,14). The summed E-state index contributed by atoms with van der Waals surface area (Å²) >= 11 is 1.90. The Bertz CT molecular complexity index is 482. The Morgan fingerprint density at radius 3 is 3.19 bits per heavy atom. The quantitative estimate of drug-likeness (QED) is 0.888. The van der Waals surface area contributed by atoms with Gasteiger partial charge in [0.2, 0.25) is 0 Å². The van der Waals surface area contributed by atoms with Crippen LogP contribution in [0.2, 0.25) is 0 Å². The average Bonchev–Trinajstić information content (AvgIpc) is 2.89. The Kier molecular flexibility index (Phi) is 2.40. The lowest BCUT2D eigenvalue weighted by Crippen LogP contribution is -1.97. The molecule has 4 nitrogen and oxygen atoms in total. The molecule has 0 fully saturated rings. The van der Waals surface area contributed by atoms with Crippen molar-refractivity contribution >= 4 is 17.4 Å². The first-order valence-corrected chi connectivity index (χ1v) is 6.27. The van der Waals surface area contributed by atoms with Crippen LogP contribution >= 0.6 is 11.3 Å². The highest BCUT2D eigenvalue weighted by molar-refractivity contribution is 7.12. The second kappa shape index (κ2) is 3.90. The fraction of sp³-hybridized carbons (Fsp3) is 0.455. The third-order valence-corrected chi connectivity index (χ3v) is 3.98. The zero-order valence-corrected chi connectivity index (χ0v) is 9.93. The highest BCUT2D eigenvalue weighted by Crippen LogP contribution is 2.30. The van der Waals surface area contributed by atoms with Gasteiger partial charge in [0.1, 0.15) is 0 Å². The molecule has 0 bridgehead atoms. The Morgan fingerprint density at radius 1 is 1.50 bits per heavy atom. The number of nitrogens with zero attached hydrogens (tertiary/aromatic N) is 2. The van der Waals surface area contributed by atoms with Crippen molar-refractivity contribution in [2.24, 2.45) is 0 Å². The Labute approximate surface area is 97.7 Å². The summed E-state index contributed by atoms with van der Waals surface area (Å²) in [5, 5.41) is 6.87. The lowest BCUT2D eigenvalue weighted by molar-refractivity contribution is 0.425. The van der Waals surface area contributed by atoms with Crippen molar-refractivity contribution < 1.29 is 4.52 Å². The smallest absolute Gasteiger partial charge is 0.321 e. The van der Waals surface area contributed by atoms with Crippen LogP contribution in [0.4, 0.5) is 6.01 Å². The third kappa shape index (κ3) is 1.82. The molecule has 0 unspecified atom stereocenters. The SMILES string of the molecule is Cc1noc(NCc2cc3c(s2)CCC3)n1. The summed E-state index contributed by atoms with van der Waals surface area (Å²) in [7, 11) is 0. The van der Waals surface area contributed by atoms with Gasteiger partial charge in [0, 0.05) is 9.75 Å². The first-order valence-electron chi connectivity index (χ1n) is 5.46. The lowest BCUT2D eigenvalue weighted by atomic mass is 10.2. The summed E-state index contributed by atoms with van der Waals surface area (Å²) in [6.45, 7) is 2.59. The largest absolute Gasteiger partial charge is 0.333 e. The molecule has 0 amide bonds. The summed E-state index contributed by atoms with van der Waals surface area (Å²) in [5.41, 5.74) is 1.53. The highest BCUT2D eigenvalue weighted by Gasteiger charge is 2.14. The van der Waals surface area contributed by atoms with Gasteiger partial charge in [-0.2, -0.15) is 4.98 Å². The number of aryl methyl sites for hydroxylation is 3. The van der Waals surface area contributed by atoms with Crippen molar-refractivity contribution in [3.05, 3.63) is 27.2 Å². The van der Waals surface area contributed by atoms with Gasteiger partial charge in [0.25, 0.3) is 0 Å². The van der Waals surface area contributed by atoms with E-state index in [1.165, 1.54) is 29.7 Å². The number of aromatic nitrogens is 2. The van der Waals surface area contributed by atoms with E-state index >= 15 is 0 Å². The van der Waals surface area contributed by atoms with Crippen LogP contribution in [0.1, 0.15) is 27.6 Å². The molecule has 1 N–H and O–H groups in total. The molecule has 84 valence electrons. The van der Waals surface area contributed by atoms with Crippen LogP contribution in [0.25, 0.3) is 0 Å². The van der Waals surface area contributed by atoms with Gasteiger partial charge in [-0.15, -0.1) is 11.3 Å². The molecule has 16 heavy (non-hydrogen) atoms. The fourth-order valence-corrected chi connectivity index (χ4v) is 3.21. The number of fused-ring (bicyclic) bond motifs is 1. The molecule has 0 spiro atoms. The number of thiophene rings is 1. The minimum atomic E-state index is 0.506. The van der Waals surface area contributed by atoms with Crippen LogP contribution < -0.4 is 5.32 Å². The van der Waals surface area contributed by atoms with E-state index in [9.17, 15) is 0 Å². The Hall–Kier alpha value is -1.36. The maximum Gasteiger partial charge on any atom is 0.321 e. The normalized spacial score (nSPS) is 14.1. The topological polar surface area (TPSA) is 51.0 Å². The van der Waals surface area contributed by atoms with Crippen molar-refractivity contribution in [1.29, 1.82) is 0 Å². The molecule has 5 heteroatoms. The van der Waals surface area contributed by atoms with Crippen LogP contribution in [0, 0.1) is 6.92 Å². The van der Waals surface area contributed by atoms with E-state index < -0.39 is 0 Å². The number of hydrogen-bond acceptors (Lipinski definition) is 5.